The molecule has 0 saturated carbocycles. The Kier molecular flexibility index (Phi) is 36.2. The van der Waals surface area contributed by atoms with Gasteiger partial charge in [-0.2, -0.15) is 0 Å². The Morgan fingerprint density at radius 2 is 1.12 bits per heavy atom. The van der Waals surface area contributed by atoms with Crippen LogP contribution in [0.1, 0.15) is 174 Å². The second kappa shape index (κ2) is 37.5. The van der Waals surface area contributed by atoms with Gasteiger partial charge in [-0.15, -0.1) is 0 Å². The van der Waals surface area contributed by atoms with E-state index in [2.05, 4.69) is 50.3 Å². The van der Waals surface area contributed by atoms with E-state index >= 15 is 0 Å². The highest BCUT2D eigenvalue weighted by atomic mass is 31.2. The Hall–Kier alpha value is -1.81. The Labute approximate surface area is 317 Å². The molecule has 10 nitrogen and oxygen atoms in total. The van der Waals surface area contributed by atoms with Crippen LogP contribution in [0.25, 0.3) is 0 Å². The van der Waals surface area contributed by atoms with E-state index in [1.54, 1.807) is 0 Å². The van der Waals surface area contributed by atoms with Crippen molar-refractivity contribution in [1.29, 1.82) is 0 Å². The fourth-order valence-electron chi connectivity index (χ4n) is 5.50. The number of nitrogens with two attached hydrogens (primary N) is 1. The van der Waals surface area contributed by atoms with Crippen LogP contribution in [0, 0.1) is 0 Å². The van der Waals surface area contributed by atoms with Crippen molar-refractivity contribution < 1.29 is 42.7 Å². The highest BCUT2D eigenvalue weighted by Gasteiger charge is 2.27. The smallest absolute Gasteiger partial charge is 0.472 e. The van der Waals surface area contributed by atoms with E-state index in [0.29, 0.717) is 13.0 Å². The topological polar surface area (TPSA) is 155 Å². The summed E-state index contributed by atoms with van der Waals surface area (Å²) in [5, 5.41) is 8.88. The van der Waals surface area contributed by atoms with Crippen molar-refractivity contribution in [2.45, 2.75) is 187 Å². The van der Waals surface area contributed by atoms with Crippen molar-refractivity contribution in [3.8, 4) is 0 Å². The molecule has 3 unspecified atom stereocenters. The van der Waals surface area contributed by atoms with Crippen LogP contribution in [-0.2, 0) is 32.7 Å². The lowest BCUT2D eigenvalue weighted by atomic mass is 10.0. The Bertz CT molecular complexity index is 972. The maximum absolute atomic E-state index is 12.6. The highest BCUT2D eigenvalue weighted by molar-refractivity contribution is 7.47. The molecule has 0 aliphatic carbocycles. The standard InChI is InChI=1S/C41H76NO9P/c1-3-5-7-9-11-13-15-17-19-20-21-23-25-27-29-31-33-40(43)51-38(36-49-52(46,47)50-37-39(42)41(44)45)35-48-34-32-30-28-26-24-22-18-16-14-12-10-8-6-4-2/h6,8,12,14,18,22,38-39H,3-5,7,9-11,13,15-17,19-21,23-37,42H2,1-2H3,(H,44,45)(H,46,47)/b8-6-,14-12-,22-18-. The van der Waals surface area contributed by atoms with Gasteiger partial charge < -0.3 is 25.2 Å². The Morgan fingerprint density at radius 1 is 0.635 bits per heavy atom. The molecule has 0 heterocycles. The minimum absolute atomic E-state index is 0.00380. The zero-order valence-corrected chi connectivity index (χ0v) is 33.8. The predicted octanol–water partition coefficient (Wildman–Crippen LogP) is 10.9. The third kappa shape index (κ3) is 36.5. The molecule has 0 aromatic rings. The molecule has 0 aromatic heterocycles. The van der Waals surface area contributed by atoms with Gasteiger partial charge in [-0.25, -0.2) is 4.57 Å². The molecule has 0 aliphatic heterocycles. The average Bonchev–Trinajstić information content (AvgIpc) is 3.12. The lowest BCUT2D eigenvalue weighted by Crippen LogP contribution is -2.34. The van der Waals surface area contributed by atoms with Gasteiger partial charge in [0.1, 0.15) is 12.1 Å². The second-order valence-corrected chi connectivity index (χ2v) is 15.2. The van der Waals surface area contributed by atoms with Crippen LogP contribution in [-0.4, -0.2) is 60.5 Å². The van der Waals surface area contributed by atoms with E-state index in [4.69, 9.17) is 29.4 Å². The Balaban J connectivity index is 4.28. The number of unbranched alkanes of at least 4 members (excludes halogenated alkanes) is 19. The summed E-state index contributed by atoms with van der Waals surface area (Å²) < 4.78 is 33.3. The maximum Gasteiger partial charge on any atom is 0.472 e. The van der Waals surface area contributed by atoms with E-state index in [-0.39, 0.29) is 13.0 Å². The van der Waals surface area contributed by atoms with Crippen LogP contribution >= 0.6 is 7.82 Å². The first-order chi connectivity index (χ1) is 25.2. The fourth-order valence-corrected chi connectivity index (χ4v) is 6.28. The van der Waals surface area contributed by atoms with Crippen molar-refractivity contribution >= 4 is 19.8 Å². The third-order valence-electron chi connectivity index (χ3n) is 8.68. The number of esters is 1. The first kappa shape index (κ1) is 50.2. The van der Waals surface area contributed by atoms with Gasteiger partial charge in [-0.3, -0.25) is 18.6 Å². The van der Waals surface area contributed by atoms with Crippen LogP contribution in [0.15, 0.2) is 36.5 Å². The molecule has 11 heteroatoms. The number of phosphoric ester groups is 1. The van der Waals surface area contributed by atoms with E-state index in [1.165, 1.54) is 83.5 Å². The van der Waals surface area contributed by atoms with E-state index < -0.39 is 45.1 Å². The molecule has 4 N–H and O–H groups in total. The molecule has 0 amide bonds. The van der Waals surface area contributed by atoms with E-state index in [0.717, 1.165) is 64.2 Å². The van der Waals surface area contributed by atoms with Crippen molar-refractivity contribution in [3.05, 3.63) is 36.5 Å². The van der Waals surface area contributed by atoms with Crippen molar-refractivity contribution in [1.82, 2.24) is 0 Å². The van der Waals surface area contributed by atoms with Crippen molar-refractivity contribution in [3.63, 3.8) is 0 Å². The number of carboxylic acids is 1. The number of hydrogen-bond acceptors (Lipinski definition) is 8. The first-order valence-electron chi connectivity index (χ1n) is 20.5. The summed E-state index contributed by atoms with van der Waals surface area (Å²) in [6, 6.07) is -1.48. The quantitative estimate of drug-likeness (QED) is 0.0239. The summed E-state index contributed by atoms with van der Waals surface area (Å²) >= 11 is 0. The van der Waals surface area contributed by atoms with Crippen molar-refractivity contribution in [2.75, 3.05) is 26.4 Å². The molecule has 52 heavy (non-hydrogen) atoms. The van der Waals surface area contributed by atoms with Crippen LogP contribution in [0.5, 0.6) is 0 Å². The molecular formula is C41H76NO9P. The zero-order valence-electron chi connectivity index (χ0n) is 32.9. The summed E-state index contributed by atoms with van der Waals surface area (Å²) in [6.45, 7) is 3.72. The number of allylic oxidation sites excluding steroid dienone is 6. The van der Waals surface area contributed by atoms with Crippen LogP contribution in [0.2, 0.25) is 0 Å². The number of aliphatic carboxylic acids is 1. The van der Waals surface area contributed by atoms with Crippen LogP contribution < -0.4 is 5.73 Å². The monoisotopic (exact) mass is 758 g/mol. The van der Waals surface area contributed by atoms with Crippen molar-refractivity contribution in [2.24, 2.45) is 5.73 Å². The van der Waals surface area contributed by atoms with Gasteiger partial charge in [0.2, 0.25) is 0 Å². The second-order valence-electron chi connectivity index (χ2n) is 13.7. The zero-order chi connectivity index (χ0) is 38.4. The lowest BCUT2D eigenvalue weighted by Gasteiger charge is -2.20. The normalized spacial score (nSPS) is 14.4. The molecule has 0 aliphatic rings. The average molecular weight is 758 g/mol. The van der Waals surface area contributed by atoms with Gasteiger partial charge in [0.15, 0.2) is 0 Å². The number of ether oxygens (including phenoxy) is 2. The fraction of sp³-hybridized carbons (Fsp3) is 0.805. The largest absolute Gasteiger partial charge is 0.480 e. The third-order valence-corrected chi connectivity index (χ3v) is 9.63. The molecule has 0 radical (unpaired) electrons. The molecule has 0 fully saturated rings. The van der Waals surface area contributed by atoms with Crippen LogP contribution in [0.4, 0.5) is 0 Å². The first-order valence-corrected chi connectivity index (χ1v) is 22.0. The minimum Gasteiger partial charge on any atom is -0.480 e. The maximum atomic E-state index is 12.6. The van der Waals surface area contributed by atoms with Gasteiger partial charge in [0.25, 0.3) is 0 Å². The number of carbonyl (C=O) groups is 2. The summed E-state index contributed by atoms with van der Waals surface area (Å²) in [5.74, 6) is -1.79. The molecular weight excluding hydrogens is 681 g/mol. The number of hydrogen-bond donors (Lipinski definition) is 3. The molecule has 0 spiro atoms. The number of rotatable bonds is 39. The summed E-state index contributed by atoms with van der Waals surface area (Å²) in [7, 11) is -4.62. The SMILES string of the molecule is CC/C=C\C/C=C\C/C=C\CCCCCCOCC(COP(=O)(O)OCC(N)C(=O)O)OC(=O)CCCCCCCCCCCCCCCCCC. The molecule has 0 bridgehead atoms. The molecule has 0 aromatic carbocycles. The highest BCUT2D eigenvalue weighted by Crippen LogP contribution is 2.43. The number of carbonyl (C=O) groups excluding carboxylic acids is 1. The summed E-state index contributed by atoms with van der Waals surface area (Å²) in [4.78, 5) is 33.5. The van der Waals surface area contributed by atoms with E-state index in [1.807, 2.05) is 0 Å². The van der Waals surface area contributed by atoms with Crippen LogP contribution in [0.3, 0.4) is 0 Å². The number of carboxylic acid groups (broad SMARTS) is 1. The Morgan fingerprint density at radius 3 is 1.67 bits per heavy atom. The molecule has 0 rings (SSSR count). The number of phosphoric acid groups is 1. The van der Waals surface area contributed by atoms with Gasteiger partial charge in [0, 0.05) is 13.0 Å². The van der Waals surface area contributed by atoms with Gasteiger partial charge in [0.05, 0.1) is 19.8 Å². The van der Waals surface area contributed by atoms with E-state index in [9.17, 15) is 19.0 Å². The predicted molar refractivity (Wildman–Crippen MR) is 212 cm³/mol. The summed E-state index contributed by atoms with van der Waals surface area (Å²) in [5.41, 5.74) is 5.34. The lowest BCUT2D eigenvalue weighted by molar-refractivity contribution is -0.154. The summed E-state index contributed by atoms with van der Waals surface area (Å²) in [6.07, 6.45) is 40.5. The molecule has 304 valence electrons. The van der Waals surface area contributed by atoms with Gasteiger partial charge >= 0.3 is 19.8 Å². The van der Waals surface area contributed by atoms with Gasteiger partial charge in [-0.05, 0) is 44.9 Å². The molecule has 3 atom stereocenters. The van der Waals surface area contributed by atoms with Gasteiger partial charge in [-0.1, -0.05) is 159 Å². The minimum atomic E-state index is -4.62. The molecule has 0 saturated heterocycles.